The van der Waals surface area contributed by atoms with Crippen LogP contribution in [0.4, 0.5) is 0 Å². The van der Waals surface area contributed by atoms with E-state index in [1.165, 1.54) is 0 Å². The van der Waals surface area contributed by atoms with Crippen molar-refractivity contribution in [2.75, 3.05) is 6.61 Å². The molecule has 0 aromatic heterocycles. The minimum atomic E-state index is 0.108. The quantitative estimate of drug-likeness (QED) is 0.539. The molecule has 0 rings (SSSR count). The van der Waals surface area contributed by atoms with Gasteiger partial charge in [0.2, 0.25) is 0 Å². The summed E-state index contributed by atoms with van der Waals surface area (Å²) in [6.07, 6.45) is 0. The normalized spacial score (nSPS) is 14.3. The Balaban J connectivity index is 2.91. The number of hydrogen-bond acceptors (Lipinski definition) is 3. The molecule has 3 heteroatoms. The maximum atomic E-state index is 5.41. The first-order chi connectivity index (χ1) is 4.13. The van der Waals surface area contributed by atoms with Crippen molar-refractivity contribution in [2.45, 2.75) is 32.9 Å². The largest absolute Gasteiger partial charge is 0.326 e. The van der Waals surface area contributed by atoms with Crippen LogP contribution in [0.5, 0.6) is 0 Å². The molecule has 56 valence electrons. The van der Waals surface area contributed by atoms with Crippen LogP contribution < -0.4 is 11.2 Å². The van der Waals surface area contributed by atoms with Crippen molar-refractivity contribution >= 4 is 0 Å². The van der Waals surface area contributed by atoms with Gasteiger partial charge in [0.05, 0.1) is 6.61 Å². The SMILES string of the molecule is CC(N)CONC(C)C. The first-order valence-corrected chi connectivity index (χ1v) is 3.26. The molecular weight excluding hydrogens is 116 g/mol. The lowest BCUT2D eigenvalue weighted by Gasteiger charge is -2.09. The fraction of sp³-hybridized carbons (Fsp3) is 1.00. The van der Waals surface area contributed by atoms with Crippen LogP contribution >= 0.6 is 0 Å². The fourth-order valence-electron chi connectivity index (χ4n) is 0.346. The van der Waals surface area contributed by atoms with Crippen LogP contribution in [0.25, 0.3) is 0 Å². The van der Waals surface area contributed by atoms with Crippen LogP contribution in [0.15, 0.2) is 0 Å². The highest BCUT2D eigenvalue weighted by Crippen LogP contribution is 1.79. The lowest BCUT2D eigenvalue weighted by atomic mass is 10.4. The minimum Gasteiger partial charge on any atom is -0.326 e. The maximum Gasteiger partial charge on any atom is 0.0830 e. The molecule has 0 radical (unpaired) electrons. The Labute approximate surface area is 56.5 Å². The summed E-state index contributed by atoms with van der Waals surface area (Å²) < 4.78 is 0. The molecule has 0 heterocycles. The summed E-state index contributed by atoms with van der Waals surface area (Å²) in [7, 11) is 0. The Kier molecular flexibility index (Phi) is 4.67. The van der Waals surface area contributed by atoms with E-state index in [4.69, 9.17) is 10.6 Å². The molecule has 0 saturated carbocycles. The van der Waals surface area contributed by atoms with Gasteiger partial charge in [-0.15, -0.1) is 0 Å². The van der Waals surface area contributed by atoms with Gasteiger partial charge >= 0.3 is 0 Å². The molecule has 0 aromatic rings. The summed E-state index contributed by atoms with van der Waals surface area (Å²) in [5.74, 6) is 0. The van der Waals surface area contributed by atoms with Gasteiger partial charge in [-0.1, -0.05) is 0 Å². The third-order valence-corrected chi connectivity index (χ3v) is 0.665. The molecule has 0 aliphatic heterocycles. The van der Waals surface area contributed by atoms with E-state index in [0.29, 0.717) is 12.6 Å². The lowest BCUT2D eigenvalue weighted by molar-refractivity contribution is 0.0182. The fourth-order valence-corrected chi connectivity index (χ4v) is 0.346. The molecule has 1 atom stereocenters. The van der Waals surface area contributed by atoms with Crippen molar-refractivity contribution in [1.82, 2.24) is 5.48 Å². The van der Waals surface area contributed by atoms with Crippen molar-refractivity contribution in [3.8, 4) is 0 Å². The monoisotopic (exact) mass is 132 g/mol. The van der Waals surface area contributed by atoms with Crippen molar-refractivity contribution in [1.29, 1.82) is 0 Å². The molecule has 0 bridgehead atoms. The van der Waals surface area contributed by atoms with Crippen molar-refractivity contribution in [3.05, 3.63) is 0 Å². The van der Waals surface area contributed by atoms with Crippen molar-refractivity contribution < 1.29 is 4.84 Å². The highest BCUT2D eigenvalue weighted by molar-refractivity contribution is 4.48. The highest BCUT2D eigenvalue weighted by Gasteiger charge is 1.94. The number of hydroxylamine groups is 1. The van der Waals surface area contributed by atoms with Gasteiger partial charge in [-0.05, 0) is 20.8 Å². The third kappa shape index (κ3) is 7.88. The average Bonchev–Trinajstić information content (AvgIpc) is 1.63. The van der Waals surface area contributed by atoms with Gasteiger partial charge in [0.1, 0.15) is 0 Å². The van der Waals surface area contributed by atoms with E-state index in [1.54, 1.807) is 0 Å². The molecule has 0 spiro atoms. The Bertz CT molecular complexity index is 56.1. The standard InChI is InChI=1S/C6H16N2O/c1-5(2)8-9-4-6(3)7/h5-6,8H,4,7H2,1-3H3. The Morgan fingerprint density at radius 2 is 2.00 bits per heavy atom. The van der Waals surface area contributed by atoms with Gasteiger partial charge in [-0.3, -0.25) is 4.84 Å². The Hall–Kier alpha value is -0.120. The first kappa shape index (κ1) is 8.88. The van der Waals surface area contributed by atoms with Crippen LogP contribution in [0, 0.1) is 0 Å². The maximum absolute atomic E-state index is 5.41. The van der Waals surface area contributed by atoms with E-state index < -0.39 is 0 Å². The molecule has 0 aromatic carbocycles. The zero-order chi connectivity index (χ0) is 7.28. The van der Waals surface area contributed by atoms with E-state index >= 15 is 0 Å². The van der Waals surface area contributed by atoms with Gasteiger partial charge in [-0.25, -0.2) is 0 Å². The summed E-state index contributed by atoms with van der Waals surface area (Å²) in [5.41, 5.74) is 8.21. The second-order valence-corrected chi connectivity index (χ2v) is 2.56. The van der Waals surface area contributed by atoms with Gasteiger partial charge in [-0.2, -0.15) is 5.48 Å². The number of nitrogens with one attached hydrogen (secondary N) is 1. The van der Waals surface area contributed by atoms with Crippen LogP contribution in [0.3, 0.4) is 0 Å². The second kappa shape index (κ2) is 4.73. The van der Waals surface area contributed by atoms with E-state index in [2.05, 4.69) is 5.48 Å². The van der Waals surface area contributed by atoms with E-state index in [-0.39, 0.29) is 6.04 Å². The second-order valence-electron chi connectivity index (χ2n) is 2.56. The van der Waals surface area contributed by atoms with Crippen LogP contribution in [-0.2, 0) is 4.84 Å². The summed E-state index contributed by atoms with van der Waals surface area (Å²) in [6, 6.07) is 0.472. The van der Waals surface area contributed by atoms with E-state index in [1.807, 2.05) is 20.8 Å². The summed E-state index contributed by atoms with van der Waals surface area (Å²) in [6.45, 7) is 6.50. The van der Waals surface area contributed by atoms with Gasteiger partial charge in [0, 0.05) is 12.1 Å². The average molecular weight is 132 g/mol. The van der Waals surface area contributed by atoms with Crippen LogP contribution in [0.2, 0.25) is 0 Å². The predicted octanol–water partition coefficient (Wildman–Crippen LogP) is 0.263. The summed E-state index contributed by atoms with van der Waals surface area (Å²) in [5, 5.41) is 0. The van der Waals surface area contributed by atoms with Crippen molar-refractivity contribution in [2.24, 2.45) is 5.73 Å². The number of hydrogen-bond donors (Lipinski definition) is 2. The molecule has 0 aliphatic rings. The van der Waals surface area contributed by atoms with Crippen LogP contribution in [-0.4, -0.2) is 18.7 Å². The third-order valence-electron chi connectivity index (χ3n) is 0.665. The smallest absolute Gasteiger partial charge is 0.0830 e. The molecule has 9 heavy (non-hydrogen) atoms. The zero-order valence-corrected chi connectivity index (χ0v) is 6.35. The Morgan fingerprint density at radius 3 is 2.33 bits per heavy atom. The molecule has 0 amide bonds. The topological polar surface area (TPSA) is 47.3 Å². The first-order valence-electron chi connectivity index (χ1n) is 3.26. The summed E-state index contributed by atoms with van der Waals surface area (Å²) >= 11 is 0. The molecule has 0 saturated heterocycles. The number of nitrogens with two attached hydrogens (primary N) is 1. The van der Waals surface area contributed by atoms with Crippen molar-refractivity contribution in [3.63, 3.8) is 0 Å². The van der Waals surface area contributed by atoms with E-state index in [0.717, 1.165) is 0 Å². The molecule has 0 aliphatic carbocycles. The van der Waals surface area contributed by atoms with E-state index in [9.17, 15) is 0 Å². The van der Waals surface area contributed by atoms with Gasteiger partial charge in [0.15, 0.2) is 0 Å². The Morgan fingerprint density at radius 1 is 1.44 bits per heavy atom. The summed E-state index contributed by atoms with van der Waals surface area (Å²) in [4.78, 5) is 4.98. The predicted molar refractivity (Wildman–Crippen MR) is 37.9 cm³/mol. The molecule has 1 unspecified atom stereocenters. The van der Waals surface area contributed by atoms with Crippen LogP contribution in [0.1, 0.15) is 20.8 Å². The molecule has 3 nitrogen and oxygen atoms in total. The van der Waals surface area contributed by atoms with Gasteiger partial charge in [0.25, 0.3) is 0 Å². The minimum absolute atomic E-state index is 0.108. The highest BCUT2D eigenvalue weighted by atomic mass is 16.6. The lowest BCUT2D eigenvalue weighted by Crippen LogP contribution is -2.30. The molecule has 0 fully saturated rings. The number of rotatable bonds is 4. The molecular formula is C6H16N2O. The van der Waals surface area contributed by atoms with Gasteiger partial charge < -0.3 is 5.73 Å². The zero-order valence-electron chi connectivity index (χ0n) is 6.35. The molecule has 3 N–H and O–H groups in total.